The zero-order chi connectivity index (χ0) is 14.0. The van der Waals surface area contributed by atoms with Crippen LogP contribution < -0.4 is 5.73 Å². The quantitative estimate of drug-likeness (QED) is 0.838. The predicted molar refractivity (Wildman–Crippen MR) is 74.0 cm³/mol. The van der Waals surface area contributed by atoms with Gasteiger partial charge in [-0.1, -0.05) is 0 Å². The van der Waals surface area contributed by atoms with Gasteiger partial charge in [0.15, 0.2) is 9.84 Å². The maximum Gasteiger partial charge on any atom is 0.273 e. The van der Waals surface area contributed by atoms with E-state index in [4.69, 9.17) is 5.73 Å². The summed E-state index contributed by atoms with van der Waals surface area (Å²) in [6.07, 6.45) is 1.16. The van der Waals surface area contributed by atoms with Crippen molar-refractivity contribution in [3.8, 4) is 0 Å². The summed E-state index contributed by atoms with van der Waals surface area (Å²) in [5, 5.41) is 2.53. The van der Waals surface area contributed by atoms with Gasteiger partial charge in [0.05, 0.1) is 16.5 Å². The van der Waals surface area contributed by atoms with Crippen LogP contribution in [0.25, 0.3) is 0 Å². The molecule has 1 aromatic rings. The van der Waals surface area contributed by atoms with Crippen LogP contribution in [0.15, 0.2) is 5.38 Å². The third-order valence-electron chi connectivity index (χ3n) is 3.21. The lowest BCUT2D eigenvalue weighted by Crippen LogP contribution is -2.38. The van der Waals surface area contributed by atoms with Crippen molar-refractivity contribution in [3.05, 3.63) is 16.1 Å². The van der Waals surface area contributed by atoms with Crippen LogP contribution in [0.2, 0.25) is 0 Å². The molecular weight excluding hydrogens is 286 g/mol. The van der Waals surface area contributed by atoms with Crippen molar-refractivity contribution in [3.63, 3.8) is 0 Å². The van der Waals surface area contributed by atoms with Crippen LogP contribution in [0.3, 0.4) is 0 Å². The Bertz CT molecular complexity index is 567. The van der Waals surface area contributed by atoms with Gasteiger partial charge >= 0.3 is 0 Å². The second kappa shape index (κ2) is 5.56. The highest BCUT2D eigenvalue weighted by Gasteiger charge is 2.33. The Kier molecular flexibility index (Phi) is 4.22. The maximum absolute atomic E-state index is 12.2. The van der Waals surface area contributed by atoms with E-state index in [0.29, 0.717) is 25.1 Å². The van der Waals surface area contributed by atoms with Crippen LogP contribution >= 0.6 is 11.3 Å². The fourth-order valence-electron chi connectivity index (χ4n) is 2.07. The van der Waals surface area contributed by atoms with Gasteiger partial charge in [-0.3, -0.25) is 4.79 Å². The van der Waals surface area contributed by atoms with Crippen molar-refractivity contribution in [2.75, 3.05) is 25.1 Å². The minimum atomic E-state index is -2.99. The number of amides is 1. The van der Waals surface area contributed by atoms with E-state index in [1.807, 2.05) is 0 Å². The van der Waals surface area contributed by atoms with E-state index in [2.05, 4.69) is 4.98 Å². The Hall–Kier alpha value is -0.990. The van der Waals surface area contributed by atoms with Crippen LogP contribution in [-0.4, -0.2) is 55.3 Å². The molecule has 2 heterocycles. The molecule has 0 aromatic carbocycles. The summed E-state index contributed by atoms with van der Waals surface area (Å²) >= 11 is 1.41. The zero-order valence-corrected chi connectivity index (χ0v) is 12.3. The van der Waals surface area contributed by atoms with E-state index in [-0.39, 0.29) is 23.5 Å². The van der Waals surface area contributed by atoms with Gasteiger partial charge in [0, 0.05) is 24.9 Å². The SMILES string of the molecule is CN(C(=O)c1csc(CCN)n1)C1CCS(=O)(=O)C1. The minimum Gasteiger partial charge on any atom is -0.336 e. The van der Waals surface area contributed by atoms with Gasteiger partial charge in [0.25, 0.3) is 5.91 Å². The number of hydrogen-bond acceptors (Lipinski definition) is 6. The van der Waals surface area contributed by atoms with Crippen molar-refractivity contribution in [1.82, 2.24) is 9.88 Å². The highest BCUT2D eigenvalue weighted by Crippen LogP contribution is 2.19. The first-order chi connectivity index (χ1) is 8.93. The van der Waals surface area contributed by atoms with Crippen molar-refractivity contribution in [1.29, 1.82) is 0 Å². The lowest BCUT2D eigenvalue weighted by atomic mass is 10.2. The standard InChI is InChI=1S/C11H17N3O3S2/c1-14(8-3-5-19(16,17)7-8)11(15)9-6-18-10(13-9)2-4-12/h6,8H,2-5,7,12H2,1H3. The third-order valence-corrected chi connectivity index (χ3v) is 5.86. The molecule has 0 aliphatic carbocycles. The van der Waals surface area contributed by atoms with Gasteiger partial charge in [0.2, 0.25) is 0 Å². The Morgan fingerprint density at radius 1 is 1.63 bits per heavy atom. The molecule has 1 saturated heterocycles. The molecule has 106 valence electrons. The molecule has 1 aliphatic heterocycles. The number of nitrogens with two attached hydrogens (primary N) is 1. The molecule has 6 nitrogen and oxygen atoms in total. The molecule has 1 aromatic heterocycles. The Morgan fingerprint density at radius 2 is 2.37 bits per heavy atom. The first-order valence-electron chi connectivity index (χ1n) is 6.05. The number of sulfone groups is 1. The fraction of sp³-hybridized carbons (Fsp3) is 0.636. The van der Waals surface area contributed by atoms with E-state index in [0.717, 1.165) is 5.01 Å². The summed E-state index contributed by atoms with van der Waals surface area (Å²) in [6, 6.07) is -0.239. The summed E-state index contributed by atoms with van der Waals surface area (Å²) in [4.78, 5) is 17.9. The highest BCUT2D eigenvalue weighted by atomic mass is 32.2. The summed E-state index contributed by atoms with van der Waals surface area (Å²) in [5.74, 6) is -0.0126. The molecular formula is C11H17N3O3S2. The smallest absolute Gasteiger partial charge is 0.273 e. The van der Waals surface area contributed by atoms with E-state index < -0.39 is 9.84 Å². The predicted octanol–water partition coefficient (Wildman–Crippen LogP) is -0.0966. The van der Waals surface area contributed by atoms with Gasteiger partial charge in [-0.15, -0.1) is 11.3 Å². The van der Waals surface area contributed by atoms with Crippen molar-refractivity contribution < 1.29 is 13.2 Å². The summed E-state index contributed by atoms with van der Waals surface area (Å²) in [5.41, 5.74) is 5.81. The maximum atomic E-state index is 12.2. The second-order valence-corrected chi connectivity index (χ2v) is 7.81. The van der Waals surface area contributed by atoms with Crippen LogP contribution in [-0.2, 0) is 16.3 Å². The summed E-state index contributed by atoms with van der Waals surface area (Å²) < 4.78 is 22.9. The third kappa shape index (κ3) is 3.31. The lowest BCUT2D eigenvalue weighted by molar-refractivity contribution is 0.0742. The summed E-state index contributed by atoms with van der Waals surface area (Å²) in [7, 11) is -1.35. The molecule has 0 bridgehead atoms. The van der Waals surface area contributed by atoms with Gasteiger partial charge in [-0.2, -0.15) is 0 Å². The molecule has 0 spiro atoms. The largest absolute Gasteiger partial charge is 0.336 e. The van der Waals surface area contributed by atoms with Crippen molar-refractivity contribution in [2.45, 2.75) is 18.9 Å². The normalized spacial score (nSPS) is 21.5. The summed E-state index contributed by atoms with van der Waals surface area (Å²) in [6.45, 7) is 0.498. The average Bonchev–Trinajstić information content (AvgIpc) is 2.94. The zero-order valence-electron chi connectivity index (χ0n) is 10.7. The molecule has 1 amide bonds. The Morgan fingerprint density at radius 3 is 2.95 bits per heavy atom. The first kappa shape index (κ1) is 14.4. The van der Waals surface area contributed by atoms with E-state index in [1.165, 1.54) is 16.2 Å². The van der Waals surface area contributed by atoms with Gasteiger partial charge in [-0.25, -0.2) is 13.4 Å². The van der Waals surface area contributed by atoms with Crippen LogP contribution in [0.4, 0.5) is 0 Å². The number of hydrogen-bond donors (Lipinski definition) is 1. The molecule has 19 heavy (non-hydrogen) atoms. The molecule has 1 atom stereocenters. The number of rotatable bonds is 4. The number of aromatic nitrogens is 1. The minimum absolute atomic E-state index is 0.0506. The van der Waals surface area contributed by atoms with Gasteiger partial charge in [-0.05, 0) is 13.0 Å². The topological polar surface area (TPSA) is 93.4 Å². The molecule has 0 saturated carbocycles. The highest BCUT2D eigenvalue weighted by molar-refractivity contribution is 7.91. The number of thiazole rings is 1. The van der Waals surface area contributed by atoms with E-state index in [9.17, 15) is 13.2 Å². The molecule has 1 unspecified atom stereocenters. The molecule has 8 heteroatoms. The van der Waals surface area contributed by atoms with Gasteiger partial charge < -0.3 is 10.6 Å². The first-order valence-corrected chi connectivity index (χ1v) is 8.75. The number of nitrogens with zero attached hydrogens (tertiary/aromatic N) is 2. The Balaban J connectivity index is 2.06. The van der Waals surface area contributed by atoms with Crippen molar-refractivity contribution >= 4 is 27.1 Å². The number of carbonyl (C=O) groups excluding carboxylic acids is 1. The van der Waals surface area contributed by atoms with Crippen molar-refractivity contribution in [2.24, 2.45) is 5.73 Å². The second-order valence-electron chi connectivity index (χ2n) is 4.64. The van der Waals surface area contributed by atoms with E-state index in [1.54, 1.807) is 12.4 Å². The molecule has 2 N–H and O–H groups in total. The molecule has 0 radical (unpaired) electrons. The molecule has 1 fully saturated rings. The monoisotopic (exact) mass is 303 g/mol. The lowest BCUT2D eigenvalue weighted by Gasteiger charge is -2.22. The molecule has 1 aliphatic rings. The number of carbonyl (C=O) groups is 1. The average molecular weight is 303 g/mol. The van der Waals surface area contributed by atoms with Crippen LogP contribution in [0.5, 0.6) is 0 Å². The van der Waals surface area contributed by atoms with Gasteiger partial charge in [0.1, 0.15) is 5.69 Å². The fourth-order valence-corrected chi connectivity index (χ4v) is 4.64. The van der Waals surface area contributed by atoms with Crippen LogP contribution in [0.1, 0.15) is 21.9 Å². The molecule has 2 rings (SSSR count). The van der Waals surface area contributed by atoms with Crippen LogP contribution in [0, 0.1) is 0 Å². The Labute approximate surface area is 116 Å². The van der Waals surface area contributed by atoms with E-state index >= 15 is 0 Å².